The summed E-state index contributed by atoms with van der Waals surface area (Å²) in [5, 5.41) is 0. The molecule has 1 unspecified atom stereocenters. The summed E-state index contributed by atoms with van der Waals surface area (Å²) < 4.78 is 11.3. The van der Waals surface area contributed by atoms with Gasteiger partial charge in [-0.3, -0.25) is 0 Å². The zero-order valence-electron chi connectivity index (χ0n) is 9.18. The van der Waals surface area contributed by atoms with E-state index in [0.29, 0.717) is 0 Å². The topological polar surface area (TPSA) is 18.5 Å². The molecule has 1 atom stereocenters. The van der Waals surface area contributed by atoms with Gasteiger partial charge in [-0.05, 0) is 26.6 Å². The van der Waals surface area contributed by atoms with E-state index in [4.69, 9.17) is 9.16 Å². The Bertz CT molecular complexity index is 121. The standard InChI is InChI=1S/C8H22O2Si2/c1-8(9-7-11(2)3)10-12(4,5)6/h8,11H,7H2,1-6H3. The molecule has 0 saturated carbocycles. The Labute approximate surface area is 79.0 Å². The van der Waals surface area contributed by atoms with Crippen LogP contribution in [0, 0.1) is 0 Å². The first-order valence-electron chi connectivity index (χ1n) is 4.60. The predicted molar refractivity (Wildman–Crippen MR) is 58.7 cm³/mol. The van der Waals surface area contributed by atoms with E-state index in [9.17, 15) is 0 Å². The van der Waals surface area contributed by atoms with Crippen LogP contribution >= 0.6 is 0 Å². The van der Waals surface area contributed by atoms with E-state index in [1.807, 2.05) is 6.92 Å². The van der Waals surface area contributed by atoms with Crippen LogP contribution in [0.2, 0.25) is 32.7 Å². The van der Waals surface area contributed by atoms with Crippen LogP contribution in [0.5, 0.6) is 0 Å². The largest absolute Gasteiger partial charge is 0.393 e. The van der Waals surface area contributed by atoms with Gasteiger partial charge >= 0.3 is 0 Å². The van der Waals surface area contributed by atoms with Gasteiger partial charge in [0.1, 0.15) is 6.29 Å². The molecule has 0 aliphatic heterocycles. The molecule has 0 radical (unpaired) electrons. The minimum Gasteiger partial charge on any atom is -0.393 e. The average molecular weight is 206 g/mol. The van der Waals surface area contributed by atoms with Crippen molar-refractivity contribution in [1.82, 2.24) is 0 Å². The second kappa shape index (κ2) is 5.16. The molecule has 4 heteroatoms. The van der Waals surface area contributed by atoms with E-state index >= 15 is 0 Å². The molecule has 0 spiro atoms. The Hall–Kier alpha value is 0.354. The van der Waals surface area contributed by atoms with Crippen molar-refractivity contribution in [3.8, 4) is 0 Å². The SMILES string of the molecule is CC(OC[SiH](C)C)O[Si](C)(C)C. The van der Waals surface area contributed by atoms with Crippen molar-refractivity contribution in [3.05, 3.63) is 0 Å². The molecule has 74 valence electrons. The third-order valence-corrected chi connectivity index (χ3v) is 3.08. The van der Waals surface area contributed by atoms with Gasteiger partial charge in [0.15, 0.2) is 8.32 Å². The highest BCUT2D eigenvalue weighted by Gasteiger charge is 2.18. The summed E-state index contributed by atoms with van der Waals surface area (Å²) in [6, 6.07) is 0. The highest BCUT2D eigenvalue weighted by atomic mass is 28.4. The minimum absolute atomic E-state index is 0.00781. The molecule has 0 amide bonds. The number of rotatable bonds is 5. The van der Waals surface area contributed by atoms with E-state index in [-0.39, 0.29) is 6.29 Å². The van der Waals surface area contributed by atoms with Crippen LogP contribution in [0.1, 0.15) is 6.92 Å². The van der Waals surface area contributed by atoms with E-state index in [1.165, 1.54) is 0 Å². The second-order valence-corrected chi connectivity index (χ2v) is 12.1. The highest BCUT2D eigenvalue weighted by Crippen LogP contribution is 2.07. The van der Waals surface area contributed by atoms with Crippen LogP contribution in [-0.4, -0.2) is 29.6 Å². The fraction of sp³-hybridized carbons (Fsp3) is 1.00. The zero-order chi connectivity index (χ0) is 9.78. The smallest absolute Gasteiger partial charge is 0.187 e. The molecule has 0 aromatic heterocycles. The molecule has 0 rings (SSSR count). The molecule has 12 heavy (non-hydrogen) atoms. The molecule has 0 fully saturated rings. The summed E-state index contributed by atoms with van der Waals surface area (Å²) >= 11 is 0. The molecule has 0 aromatic rings. The van der Waals surface area contributed by atoms with Gasteiger partial charge in [0.25, 0.3) is 0 Å². The molecule has 0 heterocycles. The summed E-state index contributed by atoms with van der Waals surface area (Å²) in [6.45, 7) is 13.1. The fourth-order valence-corrected chi connectivity index (χ4v) is 2.58. The van der Waals surface area contributed by atoms with Gasteiger partial charge in [-0.1, -0.05) is 13.1 Å². The predicted octanol–water partition coefficient (Wildman–Crippen LogP) is 2.23. The second-order valence-electron chi connectivity index (χ2n) is 4.53. The number of ether oxygens (including phenoxy) is 1. The Morgan fingerprint density at radius 1 is 1.25 bits per heavy atom. The minimum atomic E-state index is -1.40. The Kier molecular flexibility index (Phi) is 5.32. The molecular weight excluding hydrogens is 184 g/mol. The highest BCUT2D eigenvalue weighted by molar-refractivity contribution is 6.69. The van der Waals surface area contributed by atoms with Crippen LogP contribution in [-0.2, 0) is 9.16 Å². The van der Waals surface area contributed by atoms with Crippen molar-refractivity contribution >= 4 is 17.1 Å². The first-order valence-corrected chi connectivity index (χ1v) is 11.1. The molecule has 0 aliphatic rings. The lowest BCUT2D eigenvalue weighted by molar-refractivity contribution is -0.0546. The zero-order valence-corrected chi connectivity index (χ0v) is 11.3. The summed E-state index contributed by atoms with van der Waals surface area (Å²) in [5.41, 5.74) is 0. The third kappa shape index (κ3) is 8.45. The maximum Gasteiger partial charge on any atom is 0.187 e. The lowest BCUT2D eigenvalue weighted by atomic mass is 10.8. The first kappa shape index (κ1) is 12.4. The molecular formula is C8H22O2Si2. The number of hydrogen-bond donors (Lipinski definition) is 0. The van der Waals surface area contributed by atoms with Crippen LogP contribution in [0.3, 0.4) is 0 Å². The normalized spacial score (nSPS) is 15.2. The number of hydrogen-bond acceptors (Lipinski definition) is 2. The molecule has 0 aromatic carbocycles. The average Bonchev–Trinajstić information content (AvgIpc) is 1.79. The van der Waals surface area contributed by atoms with Gasteiger partial charge < -0.3 is 9.16 Å². The van der Waals surface area contributed by atoms with Crippen molar-refractivity contribution < 1.29 is 9.16 Å². The van der Waals surface area contributed by atoms with Crippen molar-refractivity contribution in [1.29, 1.82) is 0 Å². The maximum absolute atomic E-state index is 5.73. The quantitative estimate of drug-likeness (QED) is 0.507. The van der Waals surface area contributed by atoms with Crippen LogP contribution in [0.25, 0.3) is 0 Å². The monoisotopic (exact) mass is 206 g/mol. The van der Waals surface area contributed by atoms with Crippen molar-refractivity contribution in [2.45, 2.75) is 45.9 Å². The Morgan fingerprint density at radius 2 is 1.75 bits per heavy atom. The van der Waals surface area contributed by atoms with E-state index in [1.54, 1.807) is 0 Å². The van der Waals surface area contributed by atoms with E-state index in [2.05, 4.69) is 32.7 Å². The van der Waals surface area contributed by atoms with Gasteiger partial charge in [-0.25, -0.2) is 0 Å². The maximum atomic E-state index is 5.73. The van der Waals surface area contributed by atoms with Crippen molar-refractivity contribution in [2.24, 2.45) is 0 Å². The van der Waals surface area contributed by atoms with Crippen LogP contribution in [0.4, 0.5) is 0 Å². The van der Waals surface area contributed by atoms with Crippen LogP contribution in [0.15, 0.2) is 0 Å². The summed E-state index contributed by atoms with van der Waals surface area (Å²) in [4.78, 5) is 0. The molecule has 0 saturated heterocycles. The van der Waals surface area contributed by atoms with E-state index < -0.39 is 17.1 Å². The Balaban J connectivity index is 3.53. The van der Waals surface area contributed by atoms with Gasteiger partial charge in [0.05, 0.1) is 8.80 Å². The van der Waals surface area contributed by atoms with Gasteiger partial charge in [-0.2, -0.15) is 0 Å². The third-order valence-electron chi connectivity index (χ3n) is 1.18. The fourth-order valence-electron chi connectivity index (χ4n) is 0.860. The lowest BCUT2D eigenvalue weighted by Crippen LogP contribution is -2.33. The molecule has 0 aliphatic carbocycles. The van der Waals surface area contributed by atoms with Crippen LogP contribution < -0.4 is 0 Å². The van der Waals surface area contributed by atoms with Gasteiger partial charge in [0, 0.05) is 6.23 Å². The summed E-state index contributed by atoms with van der Waals surface area (Å²) in [5.74, 6) is 0. The van der Waals surface area contributed by atoms with E-state index in [0.717, 1.165) is 6.23 Å². The molecule has 0 N–H and O–H groups in total. The van der Waals surface area contributed by atoms with Crippen molar-refractivity contribution in [3.63, 3.8) is 0 Å². The van der Waals surface area contributed by atoms with Crippen molar-refractivity contribution in [2.75, 3.05) is 6.23 Å². The first-order chi connectivity index (χ1) is 5.31. The lowest BCUT2D eigenvalue weighted by Gasteiger charge is -2.23. The van der Waals surface area contributed by atoms with Gasteiger partial charge in [0.2, 0.25) is 0 Å². The Morgan fingerprint density at radius 3 is 2.08 bits per heavy atom. The van der Waals surface area contributed by atoms with Gasteiger partial charge in [-0.15, -0.1) is 0 Å². The molecule has 0 bridgehead atoms. The summed E-state index contributed by atoms with van der Waals surface area (Å²) in [7, 11) is -1.98. The molecule has 2 nitrogen and oxygen atoms in total. The summed E-state index contributed by atoms with van der Waals surface area (Å²) in [6.07, 6.45) is 0.914.